The average molecular weight is 320 g/mol. The van der Waals surface area contributed by atoms with Crippen molar-refractivity contribution in [3.05, 3.63) is 34.9 Å². The van der Waals surface area contributed by atoms with E-state index in [9.17, 15) is 9.59 Å². The molecule has 0 radical (unpaired) electrons. The van der Waals surface area contributed by atoms with Gasteiger partial charge in [0.05, 0.1) is 13.7 Å². The standard InChI is InChI=1S/C16H22N2O3.C2H6/c1-12(2)8-14-5-4-13(9-15(14)21-3)6-7-18-16(20)10-17-11-19;1-2/h4-5,8-9,11H,6-7,10H2,1-3H3,(H,17,19)(H,18,20);1-2H3. The van der Waals surface area contributed by atoms with E-state index in [1.807, 2.05) is 45.9 Å². The summed E-state index contributed by atoms with van der Waals surface area (Å²) in [7, 11) is 1.65. The topological polar surface area (TPSA) is 67.4 Å². The van der Waals surface area contributed by atoms with Gasteiger partial charge in [0.25, 0.3) is 0 Å². The summed E-state index contributed by atoms with van der Waals surface area (Å²) in [6.07, 6.45) is 3.28. The van der Waals surface area contributed by atoms with Gasteiger partial charge in [-0.05, 0) is 31.9 Å². The summed E-state index contributed by atoms with van der Waals surface area (Å²) in [5, 5.41) is 5.06. The highest BCUT2D eigenvalue weighted by atomic mass is 16.5. The fraction of sp³-hybridized carbons (Fsp3) is 0.444. The molecule has 0 heterocycles. The van der Waals surface area contributed by atoms with E-state index in [1.165, 1.54) is 5.57 Å². The van der Waals surface area contributed by atoms with E-state index >= 15 is 0 Å². The van der Waals surface area contributed by atoms with E-state index < -0.39 is 0 Å². The van der Waals surface area contributed by atoms with Crippen molar-refractivity contribution in [2.75, 3.05) is 20.2 Å². The van der Waals surface area contributed by atoms with Gasteiger partial charge in [-0.25, -0.2) is 0 Å². The number of benzene rings is 1. The van der Waals surface area contributed by atoms with Crippen LogP contribution in [0.15, 0.2) is 23.8 Å². The van der Waals surface area contributed by atoms with Crippen LogP contribution in [-0.2, 0) is 16.0 Å². The maximum atomic E-state index is 11.3. The number of nitrogens with one attached hydrogen (secondary N) is 2. The SMILES string of the molecule is CC.COc1cc(CCNC(=O)CNC=O)ccc1C=C(C)C. The normalized spacial score (nSPS) is 9.09. The number of rotatable bonds is 8. The van der Waals surface area contributed by atoms with Crippen molar-refractivity contribution < 1.29 is 14.3 Å². The number of hydrogen-bond acceptors (Lipinski definition) is 3. The summed E-state index contributed by atoms with van der Waals surface area (Å²) < 4.78 is 5.39. The Morgan fingerprint density at radius 1 is 1.26 bits per heavy atom. The number of ether oxygens (including phenoxy) is 1. The van der Waals surface area contributed by atoms with Crippen LogP contribution in [0, 0.1) is 0 Å². The van der Waals surface area contributed by atoms with Gasteiger partial charge in [-0.3, -0.25) is 9.59 Å². The minimum atomic E-state index is -0.199. The lowest BCUT2D eigenvalue weighted by molar-refractivity contribution is -0.122. The van der Waals surface area contributed by atoms with Crippen LogP contribution < -0.4 is 15.4 Å². The molecule has 0 bridgehead atoms. The third-order valence-electron chi connectivity index (χ3n) is 2.82. The molecule has 0 aliphatic heterocycles. The number of methoxy groups -OCH3 is 1. The zero-order chi connectivity index (χ0) is 17.7. The second-order valence-corrected chi connectivity index (χ2v) is 4.90. The van der Waals surface area contributed by atoms with Gasteiger partial charge in [-0.1, -0.05) is 37.6 Å². The third-order valence-corrected chi connectivity index (χ3v) is 2.82. The second kappa shape index (κ2) is 12.3. The predicted molar refractivity (Wildman–Crippen MR) is 94.4 cm³/mol. The molecule has 2 amide bonds. The summed E-state index contributed by atoms with van der Waals surface area (Å²) in [6.45, 7) is 8.60. The molecule has 0 aromatic heterocycles. The highest BCUT2D eigenvalue weighted by Crippen LogP contribution is 2.23. The number of carbonyl (C=O) groups is 2. The highest BCUT2D eigenvalue weighted by molar-refractivity contribution is 5.79. The molecular weight excluding hydrogens is 292 g/mol. The number of amides is 2. The van der Waals surface area contributed by atoms with Gasteiger partial charge in [-0.2, -0.15) is 0 Å². The molecule has 0 unspecified atom stereocenters. The van der Waals surface area contributed by atoms with Gasteiger partial charge in [0.15, 0.2) is 0 Å². The molecular formula is C18H28N2O3. The molecule has 23 heavy (non-hydrogen) atoms. The van der Waals surface area contributed by atoms with Crippen LogP contribution in [0.25, 0.3) is 6.08 Å². The molecule has 0 aliphatic rings. The minimum absolute atomic E-state index is 0.00628. The molecule has 0 saturated heterocycles. The van der Waals surface area contributed by atoms with Gasteiger partial charge in [-0.15, -0.1) is 0 Å². The summed E-state index contributed by atoms with van der Waals surface area (Å²) in [5.74, 6) is 0.623. The molecule has 0 saturated carbocycles. The van der Waals surface area contributed by atoms with Crippen LogP contribution in [-0.4, -0.2) is 32.5 Å². The maximum absolute atomic E-state index is 11.3. The Morgan fingerprint density at radius 2 is 1.96 bits per heavy atom. The first-order chi connectivity index (χ1) is 11.1. The monoisotopic (exact) mass is 320 g/mol. The summed E-state index contributed by atoms with van der Waals surface area (Å²) in [6, 6.07) is 6.01. The van der Waals surface area contributed by atoms with E-state index in [-0.39, 0.29) is 12.5 Å². The molecule has 1 aromatic rings. The van der Waals surface area contributed by atoms with Crippen molar-refractivity contribution in [2.45, 2.75) is 34.1 Å². The molecule has 0 atom stereocenters. The summed E-state index contributed by atoms with van der Waals surface area (Å²) >= 11 is 0. The predicted octanol–water partition coefficient (Wildman–Crippen LogP) is 2.55. The van der Waals surface area contributed by atoms with Crippen molar-refractivity contribution in [3.8, 4) is 5.75 Å². The molecule has 2 N–H and O–H groups in total. The van der Waals surface area contributed by atoms with Crippen molar-refractivity contribution in [2.24, 2.45) is 0 Å². The van der Waals surface area contributed by atoms with Crippen molar-refractivity contribution >= 4 is 18.4 Å². The molecule has 0 aliphatic carbocycles. The summed E-state index contributed by atoms with van der Waals surface area (Å²) in [4.78, 5) is 21.4. The fourth-order valence-electron chi connectivity index (χ4n) is 1.88. The molecule has 128 valence electrons. The van der Waals surface area contributed by atoms with Gasteiger partial charge in [0.1, 0.15) is 5.75 Å². The Balaban J connectivity index is 0.00000232. The minimum Gasteiger partial charge on any atom is -0.496 e. The lowest BCUT2D eigenvalue weighted by Gasteiger charge is -2.09. The lowest BCUT2D eigenvalue weighted by Crippen LogP contribution is -2.34. The van der Waals surface area contributed by atoms with Crippen LogP contribution in [0.1, 0.15) is 38.8 Å². The van der Waals surface area contributed by atoms with Crippen LogP contribution in [0.2, 0.25) is 0 Å². The zero-order valence-electron chi connectivity index (χ0n) is 14.7. The third kappa shape index (κ3) is 8.66. The van der Waals surface area contributed by atoms with Gasteiger partial charge in [0.2, 0.25) is 12.3 Å². The lowest BCUT2D eigenvalue weighted by atomic mass is 10.1. The Hall–Kier alpha value is -2.30. The Morgan fingerprint density at radius 3 is 2.52 bits per heavy atom. The van der Waals surface area contributed by atoms with E-state index in [2.05, 4.69) is 16.7 Å². The number of carbonyl (C=O) groups excluding carboxylic acids is 2. The van der Waals surface area contributed by atoms with Gasteiger partial charge < -0.3 is 15.4 Å². The smallest absolute Gasteiger partial charge is 0.239 e. The summed E-state index contributed by atoms with van der Waals surface area (Å²) in [5.41, 5.74) is 3.33. The molecule has 5 nitrogen and oxygen atoms in total. The molecule has 1 aromatic carbocycles. The fourth-order valence-corrected chi connectivity index (χ4v) is 1.88. The van der Waals surface area contributed by atoms with E-state index in [0.29, 0.717) is 19.4 Å². The van der Waals surface area contributed by atoms with E-state index in [0.717, 1.165) is 16.9 Å². The quantitative estimate of drug-likeness (QED) is 0.723. The van der Waals surface area contributed by atoms with E-state index in [1.54, 1.807) is 7.11 Å². The van der Waals surface area contributed by atoms with E-state index in [4.69, 9.17) is 4.74 Å². The number of allylic oxidation sites excluding steroid dienone is 1. The van der Waals surface area contributed by atoms with Crippen LogP contribution in [0.4, 0.5) is 0 Å². The van der Waals surface area contributed by atoms with Crippen molar-refractivity contribution in [3.63, 3.8) is 0 Å². The molecule has 0 spiro atoms. The van der Waals surface area contributed by atoms with Crippen LogP contribution >= 0.6 is 0 Å². The largest absolute Gasteiger partial charge is 0.496 e. The Kier molecular flexibility index (Phi) is 11.0. The molecule has 0 fully saturated rings. The maximum Gasteiger partial charge on any atom is 0.239 e. The first-order valence-electron chi connectivity index (χ1n) is 7.82. The zero-order valence-corrected chi connectivity index (χ0v) is 14.7. The average Bonchev–Trinajstić information content (AvgIpc) is 2.55. The second-order valence-electron chi connectivity index (χ2n) is 4.90. The number of hydrogen-bond donors (Lipinski definition) is 2. The first kappa shape index (κ1) is 20.7. The Bertz CT molecular complexity index is 521. The Labute approximate surface area is 139 Å². The molecule has 5 heteroatoms. The van der Waals surface area contributed by atoms with Gasteiger partial charge >= 0.3 is 0 Å². The molecule has 1 rings (SSSR count). The highest BCUT2D eigenvalue weighted by Gasteiger charge is 2.04. The van der Waals surface area contributed by atoms with Crippen LogP contribution in [0.5, 0.6) is 5.75 Å². The van der Waals surface area contributed by atoms with Crippen molar-refractivity contribution in [1.29, 1.82) is 0 Å². The van der Waals surface area contributed by atoms with Crippen molar-refractivity contribution in [1.82, 2.24) is 10.6 Å². The van der Waals surface area contributed by atoms with Gasteiger partial charge in [0, 0.05) is 12.1 Å². The first-order valence-corrected chi connectivity index (χ1v) is 7.82. The van der Waals surface area contributed by atoms with Crippen LogP contribution in [0.3, 0.4) is 0 Å².